The predicted octanol–water partition coefficient (Wildman–Crippen LogP) is 3.31. The molecular formula is C17H17ClN4O. The number of ether oxygens (including phenoxy) is 1. The van der Waals surface area contributed by atoms with Crippen LogP contribution in [0, 0.1) is 6.92 Å². The number of rotatable bonds is 2. The molecule has 0 amide bonds. The van der Waals surface area contributed by atoms with Crippen LogP contribution in [0.25, 0.3) is 22.2 Å². The number of methoxy groups -OCH3 is 1. The molecule has 4 rings (SSSR count). The lowest BCUT2D eigenvalue weighted by Gasteiger charge is -2.26. The smallest absolute Gasteiger partial charge is 0.224 e. The molecule has 0 radical (unpaired) electrons. The molecule has 118 valence electrons. The molecule has 0 saturated carbocycles. The van der Waals surface area contributed by atoms with Crippen molar-refractivity contribution in [2.45, 2.75) is 19.7 Å². The Balaban J connectivity index is 2.12. The highest BCUT2D eigenvalue weighted by atomic mass is 35.5. The van der Waals surface area contributed by atoms with Gasteiger partial charge in [-0.1, -0.05) is 24.3 Å². The molecule has 23 heavy (non-hydrogen) atoms. The average Bonchev–Trinajstić information content (AvgIpc) is 2.89. The minimum Gasteiger partial charge on any atom is -0.361 e. The van der Waals surface area contributed by atoms with Crippen molar-refractivity contribution in [3.63, 3.8) is 0 Å². The Morgan fingerprint density at radius 2 is 2.17 bits per heavy atom. The zero-order chi connectivity index (χ0) is 16.0. The highest BCUT2D eigenvalue weighted by Crippen LogP contribution is 2.40. The maximum atomic E-state index is 6.04. The van der Waals surface area contributed by atoms with Gasteiger partial charge in [-0.2, -0.15) is 4.98 Å². The maximum absolute atomic E-state index is 6.04. The number of benzene rings is 1. The van der Waals surface area contributed by atoms with Crippen LogP contribution in [-0.4, -0.2) is 28.2 Å². The Hall–Kier alpha value is -1.95. The summed E-state index contributed by atoms with van der Waals surface area (Å²) < 4.78 is 7.86. The minimum absolute atomic E-state index is 0.175. The lowest BCUT2D eigenvalue weighted by Crippen LogP contribution is -2.34. The molecule has 1 aliphatic heterocycles. The number of halogens is 1. The minimum atomic E-state index is -0.175. The number of aryl methyl sites for hydroxylation is 1. The van der Waals surface area contributed by atoms with E-state index in [1.165, 1.54) is 11.1 Å². The molecule has 1 unspecified atom stereocenters. The van der Waals surface area contributed by atoms with Crippen molar-refractivity contribution in [3.8, 4) is 11.1 Å². The molecule has 1 N–H and O–H groups in total. The van der Waals surface area contributed by atoms with E-state index >= 15 is 0 Å². The van der Waals surface area contributed by atoms with E-state index in [-0.39, 0.29) is 11.5 Å². The van der Waals surface area contributed by atoms with E-state index in [1.54, 1.807) is 7.11 Å². The van der Waals surface area contributed by atoms with E-state index in [4.69, 9.17) is 16.3 Å². The quantitative estimate of drug-likeness (QED) is 0.733. The van der Waals surface area contributed by atoms with Crippen LogP contribution < -0.4 is 5.32 Å². The Morgan fingerprint density at radius 1 is 1.35 bits per heavy atom. The lowest BCUT2D eigenvalue weighted by molar-refractivity contribution is 0.0578. The van der Waals surface area contributed by atoms with E-state index < -0.39 is 0 Å². The number of aromatic nitrogens is 3. The molecule has 0 spiro atoms. The summed E-state index contributed by atoms with van der Waals surface area (Å²) in [5.74, 6) is 0. The van der Waals surface area contributed by atoms with Crippen LogP contribution in [0.4, 0.5) is 0 Å². The van der Waals surface area contributed by atoms with E-state index in [2.05, 4.69) is 38.9 Å². The van der Waals surface area contributed by atoms with Gasteiger partial charge >= 0.3 is 0 Å². The molecule has 3 aromatic rings. The Labute approximate surface area is 139 Å². The second-order valence-electron chi connectivity index (χ2n) is 5.67. The largest absolute Gasteiger partial charge is 0.361 e. The molecule has 1 atom stereocenters. The zero-order valence-electron chi connectivity index (χ0n) is 13.0. The topological polar surface area (TPSA) is 52.0 Å². The monoisotopic (exact) mass is 328 g/mol. The van der Waals surface area contributed by atoms with Crippen molar-refractivity contribution in [1.29, 1.82) is 0 Å². The highest BCUT2D eigenvalue weighted by Gasteiger charge is 2.29. The summed E-state index contributed by atoms with van der Waals surface area (Å²) in [6, 6.07) is 8.33. The Kier molecular flexibility index (Phi) is 3.56. The summed E-state index contributed by atoms with van der Waals surface area (Å²) in [6.07, 6.45) is 1.64. The first-order valence-corrected chi connectivity index (χ1v) is 7.95. The summed E-state index contributed by atoms with van der Waals surface area (Å²) in [5.41, 5.74) is 5.44. The first kappa shape index (κ1) is 14.6. The van der Waals surface area contributed by atoms with Crippen LogP contribution in [0.3, 0.4) is 0 Å². The summed E-state index contributed by atoms with van der Waals surface area (Å²) in [6.45, 7) is 3.76. The second kappa shape index (κ2) is 5.60. The van der Waals surface area contributed by atoms with Crippen LogP contribution in [0.1, 0.15) is 17.5 Å². The third-order valence-electron chi connectivity index (χ3n) is 4.37. The SMILES string of the molecule is COC1NCCn2c1c(-c1ccccc1C)c1cnc(Cl)nc12. The number of fused-ring (bicyclic) bond motifs is 3. The number of nitrogens with one attached hydrogen (secondary N) is 1. The lowest BCUT2D eigenvalue weighted by atomic mass is 9.98. The number of hydrogen-bond donors (Lipinski definition) is 1. The van der Waals surface area contributed by atoms with Crippen LogP contribution in [0.2, 0.25) is 5.28 Å². The summed E-state index contributed by atoms with van der Waals surface area (Å²) >= 11 is 6.04. The molecule has 2 aromatic heterocycles. The fourth-order valence-corrected chi connectivity index (χ4v) is 3.48. The van der Waals surface area contributed by atoms with Gasteiger partial charge in [0, 0.05) is 37.3 Å². The van der Waals surface area contributed by atoms with Gasteiger partial charge in [-0.15, -0.1) is 0 Å². The van der Waals surface area contributed by atoms with Crippen molar-refractivity contribution in [1.82, 2.24) is 19.9 Å². The van der Waals surface area contributed by atoms with Gasteiger partial charge in [0.15, 0.2) is 0 Å². The van der Waals surface area contributed by atoms with Gasteiger partial charge < -0.3 is 9.30 Å². The average molecular weight is 329 g/mol. The summed E-state index contributed by atoms with van der Waals surface area (Å²) in [4.78, 5) is 8.66. The van der Waals surface area contributed by atoms with Crippen LogP contribution in [0.15, 0.2) is 30.5 Å². The van der Waals surface area contributed by atoms with Gasteiger partial charge in [-0.25, -0.2) is 4.98 Å². The second-order valence-corrected chi connectivity index (χ2v) is 6.01. The van der Waals surface area contributed by atoms with Gasteiger partial charge in [0.05, 0.1) is 5.69 Å². The highest BCUT2D eigenvalue weighted by molar-refractivity contribution is 6.28. The molecule has 1 aliphatic rings. The standard InChI is InChI=1S/C17H17ClN4O/c1-10-5-3-4-6-11(10)13-12-9-20-17(18)21-15(12)22-8-7-19-16(23-2)14(13)22/h3-6,9,16,19H,7-8H2,1-2H3. The van der Waals surface area contributed by atoms with Crippen molar-refractivity contribution >= 4 is 22.6 Å². The molecule has 5 nitrogen and oxygen atoms in total. The molecule has 1 aromatic carbocycles. The molecule has 0 bridgehead atoms. The summed E-state index contributed by atoms with van der Waals surface area (Å²) in [7, 11) is 1.71. The molecule has 0 aliphatic carbocycles. The van der Waals surface area contributed by atoms with E-state index in [9.17, 15) is 0 Å². The fraction of sp³-hybridized carbons (Fsp3) is 0.294. The van der Waals surface area contributed by atoms with Gasteiger partial charge in [-0.3, -0.25) is 5.32 Å². The van der Waals surface area contributed by atoms with Crippen molar-refractivity contribution in [3.05, 3.63) is 47.0 Å². The van der Waals surface area contributed by atoms with Crippen molar-refractivity contribution in [2.75, 3.05) is 13.7 Å². The van der Waals surface area contributed by atoms with Gasteiger partial charge in [0.25, 0.3) is 0 Å². The van der Waals surface area contributed by atoms with Crippen LogP contribution >= 0.6 is 11.6 Å². The normalized spacial score (nSPS) is 17.4. The van der Waals surface area contributed by atoms with Gasteiger partial charge in [-0.05, 0) is 29.7 Å². The van der Waals surface area contributed by atoms with E-state index in [0.29, 0.717) is 0 Å². The van der Waals surface area contributed by atoms with Crippen LogP contribution in [-0.2, 0) is 11.3 Å². The van der Waals surface area contributed by atoms with E-state index in [1.807, 2.05) is 18.3 Å². The van der Waals surface area contributed by atoms with E-state index in [0.717, 1.165) is 35.4 Å². The van der Waals surface area contributed by atoms with Gasteiger partial charge in [0.1, 0.15) is 11.9 Å². The molecule has 3 heterocycles. The Morgan fingerprint density at radius 3 is 2.96 bits per heavy atom. The first-order valence-electron chi connectivity index (χ1n) is 7.57. The maximum Gasteiger partial charge on any atom is 0.224 e. The third-order valence-corrected chi connectivity index (χ3v) is 4.56. The predicted molar refractivity (Wildman–Crippen MR) is 90.5 cm³/mol. The molecule has 6 heteroatoms. The molecule has 0 saturated heterocycles. The number of nitrogens with zero attached hydrogens (tertiary/aromatic N) is 3. The van der Waals surface area contributed by atoms with Crippen molar-refractivity contribution < 1.29 is 4.74 Å². The zero-order valence-corrected chi connectivity index (χ0v) is 13.8. The van der Waals surface area contributed by atoms with Crippen molar-refractivity contribution in [2.24, 2.45) is 0 Å². The first-order chi connectivity index (χ1) is 11.2. The Bertz CT molecular complexity index is 890. The molecule has 0 fully saturated rings. The summed E-state index contributed by atoms with van der Waals surface area (Å²) in [5, 5.41) is 4.68. The molecular weight excluding hydrogens is 312 g/mol. The third kappa shape index (κ3) is 2.24. The van der Waals surface area contributed by atoms with Crippen LogP contribution in [0.5, 0.6) is 0 Å². The fourth-order valence-electron chi connectivity index (χ4n) is 3.36. The number of hydrogen-bond acceptors (Lipinski definition) is 4. The van der Waals surface area contributed by atoms with Gasteiger partial charge in [0.2, 0.25) is 5.28 Å².